The Labute approximate surface area is 98.3 Å². The standard InChI is InChI=1S/C12H13F2NO2/c1-12(2,7-15)10(16)8-3-5-9(6-4-8)17-11(13)14/h3-6,10-11,16H,1-2H3. The molecule has 1 N–H and O–H groups in total. The molecular weight excluding hydrogens is 228 g/mol. The minimum atomic E-state index is -2.87. The lowest BCUT2D eigenvalue weighted by Gasteiger charge is -2.23. The molecule has 3 nitrogen and oxygen atoms in total. The summed E-state index contributed by atoms with van der Waals surface area (Å²) in [5.74, 6) is 0.0192. The molecule has 0 aliphatic rings. The van der Waals surface area contributed by atoms with E-state index in [4.69, 9.17) is 5.26 Å². The fraction of sp³-hybridized carbons (Fsp3) is 0.417. The Morgan fingerprint density at radius 1 is 1.29 bits per heavy atom. The minimum Gasteiger partial charge on any atom is -0.435 e. The average Bonchev–Trinajstić information content (AvgIpc) is 2.28. The number of hydrogen-bond donors (Lipinski definition) is 1. The summed E-state index contributed by atoms with van der Waals surface area (Å²) in [7, 11) is 0. The SMILES string of the molecule is CC(C)(C#N)C(O)c1ccc(OC(F)F)cc1. The molecule has 0 saturated carbocycles. The van der Waals surface area contributed by atoms with Gasteiger partial charge in [-0.2, -0.15) is 14.0 Å². The third-order valence-electron chi connectivity index (χ3n) is 2.39. The fourth-order valence-electron chi connectivity index (χ4n) is 1.31. The van der Waals surface area contributed by atoms with Crippen molar-refractivity contribution in [1.29, 1.82) is 5.26 Å². The number of aliphatic hydroxyl groups is 1. The van der Waals surface area contributed by atoms with Crippen LogP contribution in [0, 0.1) is 16.7 Å². The Morgan fingerprint density at radius 3 is 2.24 bits per heavy atom. The second kappa shape index (κ2) is 5.11. The molecule has 0 amide bonds. The third kappa shape index (κ3) is 3.40. The van der Waals surface area contributed by atoms with Gasteiger partial charge in [-0.3, -0.25) is 0 Å². The number of nitriles is 1. The van der Waals surface area contributed by atoms with Gasteiger partial charge in [0, 0.05) is 0 Å². The van der Waals surface area contributed by atoms with Crippen molar-refractivity contribution >= 4 is 0 Å². The highest BCUT2D eigenvalue weighted by Crippen LogP contribution is 2.33. The zero-order valence-corrected chi connectivity index (χ0v) is 9.52. The molecule has 0 fully saturated rings. The van der Waals surface area contributed by atoms with E-state index >= 15 is 0 Å². The van der Waals surface area contributed by atoms with E-state index in [1.54, 1.807) is 13.8 Å². The van der Waals surface area contributed by atoms with Crippen molar-refractivity contribution in [3.05, 3.63) is 29.8 Å². The van der Waals surface area contributed by atoms with Gasteiger partial charge in [0.25, 0.3) is 0 Å². The van der Waals surface area contributed by atoms with Crippen LogP contribution in [0.15, 0.2) is 24.3 Å². The molecule has 0 saturated heterocycles. The van der Waals surface area contributed by atoms with Crippen molar-refractivity contribution in [2.75, 3.05) is 0 Å². The van der Waals surface area contributed by atoms with Gasteiger partial charge in [0.1, 0.15) is 5.75 Å². The number of benzene rings is 1. The summed E-state index contributed by atoms with van der Waals surface area (Å²) < 4.78 is 28.0. The highest BCUT2D eigenvalue weighted by atomic mass is 19.3. The predicted octanol–water partition coefficient (Wildman–Crippen LogP) is 2.87. The Bertz CT molecular complexity index is 410. The van der Waals surface area contributed by atoms with Crippen LogP contribution < -0.4 is 4.74 Å². The third-order valence-corrected chi connectivity index (χ3v) is 2.39. The van der Waals surface area contributed by atoms with Crippen LogP contribution in [0.3, 0.4) is 0 Å². The second-order valence-electron chi connectivity index (χ2n) is 4.18. The van der Waals surface area contributed by atoms with Crippen molar-refractivity contribution in [3.8, 4) is 11.8 Å². The van der Waals surface area contributed by atoms with Gasteiger partial charge in [-0.25, -0.2) is 0 Å². The van der Waals surface area contributed by atoms with Crippen molar-refractivity contribution in [2.45, 2.75) is 26.6 Å². The van der Waals surface area contributed by atoms with E-state index in [1.165, 1.54) is 24.3 Å². The molecule has 0 radical (unpaired) electrons. The van der Waals surface area contributed by atoms with Crippen molar-refractivity contribution in [1.82, 2.24) is 0 Å². The van der Waals surface area contributed by atoms with Crippen LogP contribution in [0.5, 0.6) is 5.75 Å². The van der Waals surface area contributed by atoms with Crippen LogP contribution in [-0.4, -0.2) is 11.7 Å². The summed E-state index contributed by atoms with van der Waals surface area (Å²) in [6.45, 7) is 0.323. The van der Waals surface area contributed by atoms with E-state index in [0.29, 0.717) is 5.56 Å². The van der Waals surface area contributed by atoms with Crippen LogP contribution in [-0.2, 0) is 0 Å². The van der Waals surface area contributed by atoms with E-state index < -0.39 is 18.1 Å². The Hall–Kier alpha value is -1.67. The van der Waals surface area contributed by atoms with Gasteiger partial charge < -0.3 is 9.84 Å². The van der Waals surface area contributed by atoms with Crippen molar-refractivity contribution < 1.29 is 18.6 Å². The van der Waals surface area contributed by atoms with Crippen molar-refractivity contribution in [2.24, 2.45) is 5.41 Å². The number of hydrogen-bond acceptors (Lipinski definition) is 3. The van der Waals surface area contributed by atoms with E-state index in [1.807, 2.05) is 6.07 Å². The lowest BCUT2D eigenvalue weighted by Crippen LogP contribution is -2.19. The van der Waals surface area contributed by atoms with Crippen LogP contribution in [0.2, 0.25) is 0 Å². The maximum Gasteiger partial charge on any atom is 0.387 e. The summed E-state index contributed by atoms with van der Waals surface area (Å²) in [6, 6.07) is 7.57. The summed E-state index contributed by atoms with van der Waals surface area (Å²) >= 11 is 0. The molecule has 0 bridgehead atoms. The van der Waals surface area contributed by atoms with E-state index in [2.05, 4.69) is 4.74 Å². The van der Waals surface area contributed by atoms with Gasteiger partial charge in [-0.05, 0) is 31.5 Å². The van der Waals surface area contributed by atoms with Crippen LogP contribution in [0.1, 0.15) is 25.5 Å². The zero-order chi connectivity index (χ0) is 13.1. The molecule has 1 aromatic carbocycles. The molecule has 0 aliphatic carbocycles. The fourth-order valence-corrected chi connectivity index (χ4v) is 1.31. The van der Waals surface area contributed by atoms with Crippen LogP contribution >= 0.6 is 0 Å². The predicted molar refractivity (Wildman–Crippen MR) is 57.4 cm³/mol. The number of halogens is 2. The number of rotatable bonds is 4. The molecule has 0 aliphatic heterocycles. The topological polar surface area (TPSA) is 53.2 Å². The van der Waals surface area contributed by atoms with Crippen molar-refractivity contribution in [3.63, 3.8) is 0 Å². The first kappa shape index (κ1) is 13.4. The minimum absolute atomic E-state index is 0.0192. The highest BCUT2D eigenvalue weighted by Gasteiger charge is 2.28. The molecule has 1 rings (SSSR count). The molecule has 1 aromatic rings. The number of nitrogens with zero attached hydrogens (tertiary/aromatic N) is 1. The van der Waals surface area contributed by atoms with E-state index in [0.717, 1.165) is 0 Å². The molecule has 92 valence electrons. The summed E-state index contributed by atoms with van der Waals surface area (Å²) in [5.41, 5.74) is -0.455. The second-order valence-corrected chi connectivity index (χ2v) is 4.18. The number of alkyl halides is 2. The molecule has 5 heteroatoms. The average molecular weight is 241 g/mol. The largest absolute Gasteiger partial charge is 0.435 e. The number of aliphatic hydroxyl groups excluding tert-OH is 1. The van der Waals surface area contributed by atoms with Crippen LogP contribution in [0.4, 0.5) is 8.78 Å². The maximum atomic E-state index is 11.9. The first-order valence-corrected chi connectivity index (χ1v) is 5.01. The van der Waals surface area contributed by atoms with Gasteiger partial charge in [0.2, 0.25) is 0 Å². The lowest BCUT2D eigenvalue weighted by atomic mass is 9.84. The van der Waals surface area contributed by atoms with Gasteiger partial charge in [-0.1, -0.05) is 12.1 Å². The molecule has 0 heterocycles. The van der Waals surface area contributed by atoms with Gasteiger partial charge in [0.05, 0.1) is 17.6 Å². The maximum absolute atomic E-state index is 11.9. The molecule has 0 aromatic heterocycles. The van der Waals surface area contributed by atoms with E-state index in [9.17, 15) is 13.9 Å². The normalized spacial score (nSPS) is 13.2. The smallest absolute Gasteiger partial charge is 0.387 e. The summed E-state index contributed by atoms with van der Waals surface area (Å²) in [5, 5.41) is 18.8. The molecule has 1 atom stereocenters. The first-order chi connectivity index (χ1) is 7.86. The monoisotopic (exact) mass is 241 g/mol. The zero-order valence-electron chi connectivity index (χ0n) is 9.52. The first-order valence-electron chi connectivity index (χ1n) is 5.01. The lowest BCUT2D eigenvalue weighted by molar-refractivity contribution is -0.0498. The van der Waals surface area contributed by atoms with Gasteiger partial charge in [0.15, 0.2) is 0 Å². The molecule has 17 heavy (non-hydrogen) atoms. The quantitative estimate of drug-likeness (QED) is 0.881. The van der Waals surface area contributed by atoms with Gasteiger partial charge in [-0.15, -0.1) is 0 Å². The molecular formula is C12H13F2NO2. The summed E-state index contributed by atoms with van der Waals surface area (Å²) in [4.78, 5) is 0. The van der Waals surface area contributed by atoms with Crippen LogP contribution in [0.25, 0.3) is 0 Å². The highest BCUT2D eigenvalue weighted by molar-refractivity contribution is 5.30. The van der Waals surface area contributed by atoms with Gasteiger partial charge >= 0.3 is 6.61 Å². The Kier molecular flexibility index (Phi) is 4.02. The molecule has 0 spiro atoms. The van der Waals surface area contributed by atoms with E-state index in [-0.39, 0.29) is 5.75 Å². The number of ether oxygens (including phenoxy) is 1. The molecule has 1 unspecified atom stereocenters. The Morgan fingerprint density at radius 2 is 1.82 bits per heavy atom. The summed E-state index contributed by atoms with van der Waals surface area (Å²) in [6.07, 6.45) is -0.979. The Balaban J connectivity index is 2.85.